The van der Waals surface area contributed by atoms with Gasteiger partial charge in [0.15, 0.2) is 0 Å². The van der Waals surface area contributed by atoms with E-state index < -0.39 is 6.10 Å². The Morgan fingerprint density at radius 2 is 2.31 bits per heavy atom. The van der Waals surface area contributed by atoms with Crippen LogP contribution >= 0.6 is 0 Å². The van der Waals surface area contributed by atoms with Crippen LogP contribution in [-0.2, 0) is 6.42 Å². The van der Waals surface area contributed by atoms with Crippen LogP contribution in [-0.4, -0.2) is 22.9 Å². The third-order valence-corrected chi connectivity index (χ3v) is 2.89. The van der Waals surface area contributed by atoms with E-state index in [0.717, 1.165) is 30.6 Å². The third kappa shape index (κ3) is 2.54. The van der Waals surface area contributed by atoms with Crippen molar-refractivity contribution in [3.63, 3.8) is 0 Å². The van der Waals surface area contributed by atoms with Crippen molar-refractivity contribution in [1.29, 1.82) is 0 Å². The van der Waals surface area contributed by atoms with Gasteiger partial charge < -0.3 is 14.9 Å². The van der Waals surface area contributed by atoms with Gasteiger partial charge >= 0.3 is 0 Å². The largest absolute Gasteiger partial charge is 0.491 e. The van der Waals surface area contributed by atoms with Crippen LogP contribution in [0.1, 0.15) is 37.0 Å². The monoisotopic (exact) mass is 222 g/mol. The molecule has 3 nitrogen and oxygen atoms in total. The normalized spacial score (nSPS) is 21.3. The standard InChI is InChI=1S/C13H18O3/c1-9(14)8-16-11-6-5-10-3-2-4-13(15)12(10)7-11/h5-7,9,13-15H,2-4,8H2,1H3/t9?,13-/m0/s1. The van der Waals surface area contributed by atoms with Crippen molar-refractivity contribution >= 4 is 0 Å². The van der Waals surface area contributed by atoms with Crippen LogP contribution in [0.25, 0.3) is 0 Å². The van der Waals surface area contributed by atoms with Gasteiger partial charge in [0.05, 0.1) is 12.2 Å². The fourth-order valence-electron chi connectivity index (χ4n) is 2.06. The fourth-order valence-corrected chi connectivity index (χ4v) is 2.06. The highest BCUT2D eigenvalue weighted by atomic mass is 16.5. The summed E-state index contributed by atoms with van der Waals surface area (Å²) in [6.45, 7) is 1.97. The van der Waals surface area contributed by atoms with Gasteiger partial charge in [0.25, 0.3) is 0 Å². The molecule has 1 aromatic rings. The number of aryl methyl sites for hydroxylation is 1. The zero-order valence-electron chi connectivity index (χ0n) is 9.52. The summed E-state index contributed by atoms with van der Waals surface area (Å²) in [5, 5.41) is 19.0. The molecule has 16 heavy (non-hydrogen) atoms. The Hall–Kier alpha value is -1.06. The molecule has 0 aliphatic heterocycles. The van der Waals surface area contributed by atoms with Crippen LogP contribution < -0.4 is 4.74 Å². The molecular formula is C13H18O3. The number of aliphatic hydroxyl groups excluding tert-OH is 2. The number of aliphatic hydroxyl groups is 2. The molecule has 2 atom stereocenters. The van der Waals surface area contributed by atoms with E-state index in [0.29, 0.717) is 0 Å². The van der Waals surface area contributed by atoms with E-state index in [-0.39, 0.29) is 12.7 Å². The Balaban J connectivity index is 2.14. The van der Waals surface area contributed by atoms with E-state index in [1.807, 2.05) is 18.2 Å². The molecule has 0 radical (unpaired) electrons. The third-order valence-electron chi connectivity index (χ3n) is 2.89. The topological polar surface area (TPSA) is 49.7 Å². The Morgan fingerprint density at radius 3 is 3.06 bits per heavy atom. The molecule has 1 aliphatic rings. The first kappa shape index (κ1) is 11.4. The lowest BCUT2D eigenvalue weighted by Gasteiger charge is -2.22. The van der Waals surface area contributed by atoms with Crippen molar-refractivity contribution in [3.05, 3.63) is 29.3 Å². The van der Waals surface area contributed by atoms with Gasteiger partial charge in [-0.2, -0.15) is 0 Å². The van der Waals surface area contributed by atoms with Crippen molar-refractivity contribution in [3.8, 4) is 5.75 Å². The number of fused-ring (bicyclic) bond motifs is 1. The van der Waals surface area contributed by atoms with Crippen LogP contribution in [0, 0.1) is 0 Å². The number of hydrogen-bond donors (Lipinski definition) is 2. The summed E-state index contributed by atoms with van der Waals surface area (Å²) in [6.07, 6.45) is 2.07. The van der Waals surface area contributed by atoms with Crippen molar-refractivity contribution < 1.29 is 14.9 Å². The summed E-state index contributed by atoms with van der Waals surface area (Å²) in [6, 6.07) is 5.80. The van der Waals surface area contributed by atoms with Crippen LogP contribution in [0.3, 0.4) is 0 Å². The van der Waals surface area contributed by atoms with E-state index in [4.69, 9.17) is 9.84 Å². The first-order valence-corrected chi connectivity index (χ1v) is 5.78. The smallest absolute Gasteiger partial charge is 0.119 e. The molecule has 1 unspecified atom stereocenters. The molecule has 1 aromatic carbocycles. The van der Waals surface area contributed by atoms with Crippen molar-refractivity contribution in [1.82, 2.24) is 0 Å². The maximum atomic E-state index is 9.86. The van der Waals surface area contributed by atoms with Gasteiger partial charge in [0.1, 0.15) is 12.4 Å². The maximum absolute atomic E-state index is 9.86. The van der Waals surface area contributed by atoms with Crippen molar-refractivity contribution in [2.45, 2.75) is 38.4 Å². The molecule has 0 amide bonds. The number of hydrogen-bond acceptors (Lipinski definition) is 3. The second-order valence-corrected chi connectivity index (χ2v) is 4.43. The summed E-state index contributed by atoms with van der Waals surface area (Å²) in [4.78, 5) is 0. The lowest BCUT2D eigenvalue weighted by Crippen LogP contribution is -2.14. The molecule has 0 aromatic heterocycles. The summed E-state index contributed by atoms with van der Waals surface area (Å²) in [7, 11) is 0. The second-order valence-electron chi connectivity index (χ2n) is 4.43. The summed E-state index contributed by atoms with van der Waals surface area (Å²) >= 11 is 0. The molecule has 0 heterocycles. The molecule has 2 rings (SSSR count). The van der Waals surface area contributed by atoms with E-state index in [2.05, 4.69) is 0 Å². The van der Waals surface area contributed by atoms with Gasteiger partial charge in [-0.1, -0.05) is 6.07 Å². The van der Waals surface area contributed by atoms with Gasteiger partial charge in [-0.05, 0) is 49.4 Å². The van der Waals surface area contributed by atoms with Gasteiger partial charge in [-0.3, -0.25) is 0 Å². The van der Waals surface area contributed by atoms with Crippen LogP contribution in [0.2, 0.25) is 0 Å². The number of rotatable bonds is 3. The molecular weight excluding hydrogens is 204 g/mol. The fraction of sp³-hybridized carbons (Fsp3) is 0.538. The Bertz CT molecular complexity index is 360. The summed E-state index contributed by atoms with van der Waals surface area (Å²) < 4.78 is 5.42. The highest BCUT2D eigenvalue weighted by Gasteiger charge is 2.18. The van der Waals surface area contributed by atoms with Crippen LogP contribution in [0.4, 0.5) is 0 Å². The molecule has 0 fully saturated rings. The molecule has 0 spiro atoms. The Labute approximate surface area is 95.7 Å². The van der Waals surface area contributed by atoms with E-state index in [1.165, 1.54) is 5.56 Å². The first-order valence-electron chi connectivity index (χ1n) is 5.78. The molecule has 0 bridgehead atoms. The maximum Gasteiger partial charge on any atom is 0.119 e. The highest BCUT2D eigenvalue weighted by Crippen LogP contribution is 2.32. The SMILES string of the molecule is CC(O)COc1ccc2c(c1)[C@@H](O)CCC2. The van der Waals surface area contributed by atoms with Crippen molar-refractivity contribution in [2.75, 3.05) is 6.61 Å². The zero-order valence-corrected chi connectivity index (χ0v) is 9.52. The van der Waals surface area contributed by atoms with E-state index in [9.17, 15) is 5.11 Å². The molecule has 3 heteroatoms. The summed E-state index contributed by atoms with van der Waals surface area (Å²) in [5.41, 5.74) is 2.19. The molecule has 1 aliphatic carbocycles. The van der Waals surface area contributed by atoms with Crippen LogP contribution in [0.15, 0.2) is 18.2 Å². The first-order chi connectivity index (χ1) is 7.66. The lowest BCUT2D eigenvalue weighted by molar-refractivity contribution is 0.122. The predicted octanol–water partition coefficient (Wildman–Crippen LogP) is 1.82. The summed E-state index contributed by atoms with van der Waals surface area (Å²) in [5.74, 6) is 0.723. The van der Waals surface area contributed by atoms with Crippen molar-refractivity contribution in [2.24, 2.45) is 0 Å². The lowest BCUT2D eigenvalue weighted by atomic mass is 9.89. The molecule has 0 saturated carbocycles. The average Bonchev–Trinajstić information content (AvgIpc) is 2.27. The Morgan fingerprint density at radius 1 is 1.50 bits per heavy atom. The van der Waals surface area contributed by atoms with Gasteiger partial charge in [-0.15, -0.1) is 0 Å². The average molecular weight is 222 g/mol. The van der Waals surface area contributed by atoms with E-state index >= 15 is 0 Å². The zero-order chi connectivity index (χ0) is 11.5. The van der Waals surface area contributed by atoms with Gasteiger partial charge in [-0.25, -0.2) is 0 Å². The van der Waals surface area contributed by atoms with Crippen LogP contribution in [0.5, 0.6) is 5.75 Å². The molecule has 88 valence electrons. The molecule has 0 saturated heterocycles. The highest BCUT2D eigenvalue weighted by molar-refractivity contribution is 5.38. The molecule has 2 N–H and O–H groups in total. The minimum absolute atomic E-state index is 0.287. The predicted molar refractivity (Wildman–Crippen MR) is 61.5 cm³/mol. The number of benzene rings is 1. The van der Waals surface area contributed by atoms with E-state index in [1.54, 1.807) is 6.92 Å². The quantitative estimate of drug-likeness (QED) is 0.820. The van der Waals surface area contributed by atoms with Gasteiger partial charge in [0.2, 0.25) is 0 Å². The number of ether oxygens (including phenoxy) is 1. The minimum Gasteiger partial charge on any atom is -0.491 e. The Kier molecular flexibility index (Phi) is 3.46. The van der Waals surface area contributed by atoms with Gasteiger partial charge in [0, 0.05) is 0 Å². The minimum atomic E-state index is -0.471. The second kappa shape index (κ2) is 4.85.